The Hall–Kier alpha value is -1.78. The van der Waals surface area contributed by atoms with Crippen molar-refractivity contribution >= 4 is 0 Å². The summed E-state index contributed by atoms with van der Waals surface area (Å²) in [5.74, 6) is 0. The van der Waals surface area contributed by atoms with E-state index >= 15 is 0 Å². The number of aliphatic hydroxyl groups excluding tert-OH is 2. The molecule has 2 aromatic heterocycles. The third-order valence-electron chi connectivity index (χ3n) is 2.39. The number of aliphatic hydroxyl groups is 2. The van der Waals surface area contributed by atoms with E-state index in [9.17, 15) is 10.2 Å². The molecule has 4 heteroatoms. The average molecular weight is 216 g/mol. The maximum atomic E-state index is 9.94. The molecule has 0 bridgehead atoms. The fourth-order valence-electron chi connectivity index (χ4n) is 1.49. The Kier molecular flexibility index (Phi) is 3.24. The van der Waals surface area contributed by atoms with Crippen molar-refractivity contribution in [2.45, 2.75) is 12.2 Å². The topological polar surface area (TPSA) is 66.2 Å². The van der Waals surface area contributed by atoms with Crippen molar-refractivity contribution in [1.82, 2.24) is 9.97 Å². The Balaban J connectivity index is 2.20. The van der Waals surface area contributed by atoms with Crippen molar-refractivity contribution in [2.24, 2.45) is 0 Å². The molecule has 0 aliphatic rings. The van der Waals surface area contributed by atoms with Gasteiger partial charge in [-0.15, -0.1) is 0 Å². The van der Waals surface area contributed by atoms with Crippen LogP contribution in [-0.2, 0) is 0 Å². The molecule has 0 fully saturated rings. The highest BCUT2D eigenvalue weighted by atomic mass is 16.3. The summed E-state index contributed by atoms with van der Waals surface area (Å²) in [6.07, 6.45) is 4.42. The van der Waals surface area contributed by atoms with E-state index < -0.39 is 12.2 Å². The first-order valence-corrected chi connectivity index (χ1v) is 4.95. The lowest BCUT2D eigenvalue weighted by atomic mass is 10.0. The highest BCUT2D eigenvalue weighted by molar-refractivity contribution is 5.21. The van der Waals surface area contributed by atoms with E-state index in [2.05, 4.69) is 9.97 Å². The molecule has 0 aliphatic heterocycles. The van der Waals surface area contributed by atoms with Crippen molar-refractivity contribution in [2.75, 3.05) is 0 Å². The summed E-state index contributed by atoms with van der Waals surface area (Å²) in [4.78, 5) is 7.71. The first kappa shape index (κ1) is 10.7. The molecule has 82 valence electrons. The molecule has 0 aliphatic carbocycles. The first-order valence-electron chi connectivity index (χ1n) is 4.95. The van der Waals surface area contributed by atoms with Gasteiger partial charge in [-0.1, -0.05) is 0 Å². The van der Waals surface area contributed by atoms with Crippen LogP contribution in [0.25, 0.3) is 0 Å². The lowest BCUT2D eigenvalue weighted by molar-refractivity contribution is 0.0171. The van der Waals surface area contributed by atoms with Crippen LogP contribution in [0.4, 0.5) is 0 Å². The van der Waals surface area contributed by atoms with Gasteiger partial charge in [0.1, 0.15) is 12.2 Å². The molecule has 2 aromatic rings. The summed E-state index contributed by atoms with van der Waals surface area (Å²) >= 11 is 0. The summed E-state index contributed by atoms with van der Waals surface area (Å²) < 4.78 is 0. The van der Waals surface area contributed by atoms with Crippen LogP contribution in [0.3, 0.4) is 0 Å². The molecule has 0 unspecified atom stereocenters. The zero-order valence-electron chi connectivity index (χ0n) is 8.56. The second kappa shape index (κ2) is 4.83. The van der Waals surface area contributed by atoms with E-state index in [4.69, 9.17) is 0 Å². The Morgan fingerprint density at radius 3 is 1.31 bits per heavy atom. The van der Waals surface area contributed by atoms with Gasteiger partial charge in [0.25, 0.3) is 0 Å². The minimum Gasteiger partial charge on any atom is -0.385 e. The number of hydrogen-bond acceptors (Lipinski definition) is 4. The van der Waals surface area contributed by atoms with Gasteiger partial charge in [-0.05, 0) is 35.4 Å². The molecule has 4 nitrogen and oxygen atoms in total. The summed E-state index contributed by atoms with van der Waals surface area (Å²) in [6, 6.07) is 6.70. The molecular formula is C12H12N2O2. The quantitative estimate of drug-likeness (QED) is 0.810. The van der Waals surface area contributed by atoms with Crippen molar-refractivity contribution in [3.8, 4) is 0 Å². The average Bonchev–Trinajstić information content (AvgIpc) is 2.39. The van der Waals surface area contributed by atoms with Gasteiger partial charge in [-0.25, -0.2) is 0 Å². The standard InChI is InChI=1S/C12H12N2O2/c15-11(9-1-5-13-6-2-9)12(16)10-3-7-14-8-4-10/h1-8,11-12,15-16H/t11-,12+. The third kappa shape index (κ3) is 2.24. The molecule has 0 aromatic carbocycles. The predicted octanol–water partition coefficient (Wildman–Crippen LogP) is 1.24. The van der Waals surface area contributed by atoms with Crippen LogP contribution in [-0.4, -0.2) is 20.2 Å². The highest BCUT2D eigenvalue weighted by Crippen LogP contribution is 2.27. The first-order chi connectivity index (χ1) is 7.79. The molecule has 0 amide bonds. The lowest BCUT2D eigenvalue weighted by Crippen LogP contribution is -2.10. The monoisotopic (exact) mass is 216 g/mol. The second-order valence-corrected chi connectivity index (χ2v) is 3.45. The smallest absolute Gasteiger partial charge is 0.109 e. The minimum absolute atomic E-state index is 0.638. The summed E-state index contributed by atoms with van der Waals surface area (Å²) in [6.45, 7) is 0. The van der Waals surface area contributed by atoms with Gasteiger partial charge in [-0.2, -0.15) is 0 Å². The maximum Gasteiger partial charge on any atom is 0.109 e. The Morgan fingerprint density at radius 2 is 1.00 bits per heavy atom. The molecule has 2 N–H and O–H groups in total. The van der Waals surface area contributed by atoms with Gasteiger partial charge in [0.2, 0.25) is 0 Å². The van der Waals surface area contributed by atoms with Crippen molar-refractivity contribution < 1.29 is 10.2 Å². The summed E-state index contributed by atoms with van der Waals surface area (Å²) in [5.41, 5.74) is 1.28. The van der Waals surface area contributed by atoms with E-state index in [0.29, 0.717) is 11.1 Å². The van der Waals surface area contributed by atoms with Crippen LogP contribution in [0.15, 0.2) is 49.1 Å². The fourth-order valence-corrected chi connectivity index (χ4v) is 1.49. The Morgan fingerprint density at radius 1 is 0.688 bits per heavy atom. The Labute approximate surface area is 93.2 Å². The van der Waals surface area contributed by atoms with Crippen LogP contribution in [0, 0.1) is 0 Å². The van der Waals surface area contributed by atoms with Crippen LogP contribution in [0.2, 0.25) is 0 Å². The number of hydrogen-bond donors (Lipinski definition) is 2. The molecule has 16 heavy (non-hydrogen) atoms. The van der Waals surface area contributed by atoms with Crippen molar-refractivity contribution in [3.05, 3.63) is 60.2 Å². The van der Waals surface area contributed by atoms with Crippen LogP contribution < -0.4 is 0 Å². The molecule has 0 spiro atoms. The third-order valence-corrected chi connectivity index (χ3v) is 2.39. The van der Waals surface area contributed by atoms with E-state index in [1.165, 1.54) is 0 Å². The van der Waals surface area contributed by atoms with Crippen molar-refractivity contribution in [3.63, 3.8) is 0 Å². The van der Waals surface area contributed by atoms with Crippen molar-refractivity contribution in [1.29, 1.82) is 0 Å². The largest absolute Gasteiger partial charge is 0.385 e. The van der Waals surface area contributed by atoms with Gasteiger partial charge in [0.15, 0.2) is 0 Å². The number of rotatable bonds is 3. The summed E-state index contributed by atoms with van der Waals surface area (Å²) in [7, 11) is 0. The molecule has 2 heterocycles. The second-order valence-electron chi connectivity index (χ2n) is 3.45. The van der Waals surface area contributed by atoms with E-state index in [-0.39, 0.29) is 0 Å². The maximum absolute atomic E-state index is 9.94. The van der Waals surface area contributed by atoms with Gasteiger partial charge in [-0.3, -0.25) is 9.97 Å². The van der Waals surface area contributed by atoms with Crippen LogP contribution in [0.1, 0.15) is 23.3 Å². The van der Waals surface area contributed by atoms with E-state index in [0.717, 1.165) is 0 Å². The molecule has 2 rings (SSSR count). The number of nitrogens with zero attached hydrogens (tertiary/aromatic N) is 2. The lowest BCUT2D eigenvalue weighted by Gasteiger charge is -2.17. The Bertz CT molecular complexity index is 390. The molecule has 0 saturated heterocycles. The van der Waals surface area contributed by atoms with Gasteiger partial charge in [0.05, 0.1) is 0 Å². The predicted molar refractivity (Wildman–Crippen MR) is 58.4 cm³/mol. The molecular weight excluding hydrogens is 204 g/mol. The number of pyridine rings is 2. The highest BCUT2D eigenvalue weighted by Gasteiger charge is 2.19. The number of aromatic nitrogens is 2. The molecule has 2 atom stereocenters. The molecule has 0 saturated carbocycles. The zero-order chi connectivity index (χ0) is 11.4. The molecule has 0 radical (unpaired) electrons. The van der Waals surface area contributed by atoms with Crippen LogP contribution in [0.5, 0.6) is 0 Å². The summed E-state index contributed by atoms with van der Waals surface area (Å²) in [5, 5.41) is 19.9. The van der Waals surface area contributed by atoms with E-state index in [1.54, 1.807) is 49.1 Å². The normalized spacial score (nSPS) is 14.4. The van der Waals surface area contributed by atoms with E-state index in [1.807, 2.05) is 0 Å². The van der Waals surface area contributed by atoms with Gasteiger partial charge in [0, 0.05) is 24.8 Å². The fraction of sp³-hybridized carbons (Fsp3) is 0.167. The SMILES string of the molecule is O[C@H](c1ccncc1)[C@@H](O)c1ccncc1. The zero-order valence-corrected chi connectivity index (χ0v) is 8.56. The van der Waals surface area contributed by atoms with Gasteiger partial charge < -0.3 is 10.2 Å². The van der Waals surface area contributed by atoms with Crippen LogP contribution >= 0.6 is 0 Å². The van der Waals surface area contributed by atoms with Gasteiger partial charge >= 0.3 is 0 Å². The minimum atomic E-state index is -0.953.